The number of nitro groups is 1. The molecule has 0 amide bonds. The highest BCUT2D eigenvalue weighted by Gasteiger charge is 2.08. The number of hydrogen-bond acceptors (Lipinski definition) is 2. The Morgan fingerprint density at radius 2 is 1.94 bits per heavy atom. The monoisotopic (exact) mass is 214 g/mol. The minimum Gasteiger partial charge on any atom is -0.362 e. The summed E-state index contributed by atoms with van der Waals surface area (Å²) in [7, 11) is 0. The van der Waals surface area contributed by atoms with E-state index < -0.39 is 0 Å². The number of nitrogens with one attached hydrogen (secondary N) is 1. The summed E-state index contributed by atoms with van der Waals surface area (Å²) in [5.74, 6) is 0. The van der Waals surface area contributed by atoms with Crippen LogP contribution in [0.4, 0.5) is 5.69 Å². The molecule has 1 aromatic carbocycles. The van der Waals surface area contributed by atoms with Crippen molar-refractivity contribution in [1.29, 1.82) is 0 Å². The Bertz CT molecular complexity index is 516. The van der Waals surface area contributed by atoms with Crippen LogP contribution in [-0.4, -0.2) is 9.91 Å². The van der Waals surface area contributed by atoms with Gasteiger partial charge in [-0.25, -0.2) is 0 Å². The molecule has 1 heterocycles. The zero-order valence-corrected chi connectivity index (χ0v) is 8.46. The van der Waals surface area contributed by atoms with Gasteiger partial charge in [0.15, 0.2) is 0 Å². The van der Waals surface area contributed by atoms with Gasteiger partial charge in [-0.15, -0.1) is 0 Å². The number of nitrogens with zero attached hydrogens (tertiary/aromatic N) is 1. The molecule has 80 valence electrons. The molecule has 0 aliphatic rings. The molecule has 1 aromatic heterocycles. The third-order valence-corrected chi connectivity index (χ3v) is 2.20. The van der Waals surface area contributed by atoms with Crippen molar-refractivity contribution >= 4 is 17.8 Å². The van der Waals surface area contributed by atoms with Crippen LogP contribution < -0.4 is 0 Å². The Morgan fingerprint density at radius 3 is 2.62 bits per heavy atom. The van der Waals surface area contributed by atoms with Crippen molar-refractivity contribution in [1.82, 2.24) is 4.98 Å². The maximum absolute atomic E-state index is 10.7. The van der Waals surface area contributed by atoms with E-state index >= 15 is 0 Å². The lowest BCUT2D eigenvalue weighted by molar-refractivity contribution is -0.385. The van der Waals surface area contributed by atoms with Crippen molar-refractivity contribution in [3.8, 4) is 0 Å². The molecule has 1 N–H and O–H groups in total. The van der Waals surface area contributed by atoms with Crippen molar-refractivity contribution < 1.29 is 4.92 Å². The van der Waals surface area contributed by atoms with E-state index in [9.17, 15) is 10.1 Å². The molecule has 4 nitrogen and oxygen atoms in total. The third kappa shape index (κ3) is 2.17. The molecule has 0 unspecified atom stereocenters. The Labute approximate surface area is 92.4 Å². The first-order valence-electron chi connectivity index (χ1n) is 4.82. The zero-order valence-electron chi connectivity index (χ0n) is 8.46. The molecule has 4 heteroatoms. The van der Waals surface area contributed by atoms with E-state index in [1.165, 1.54) is 6.07 Å². The summed E-state index contributed by atoms with van der Waals surface area (Å²) in [5, 5.41) is 10.7. The van der Waals surface area contributed by atoms with Crippen molar-refractivity contribution in [2.24, 2.45) is 0 Å². The van der Waals surface area contributed by atoms with Gasteiger partial charge in [-0.3, -0.25) is 10.1 Å². The van der Waals surface area contributed by atoms with Crippen molar-refractivity contribution in [2.45, 2.75) is 0 Å². The molecular weight excluding hydrogens is 204 g/mol. The first kappa shape index (κ1) is 10.2. The van der Waals surface area contributed by atoms with Gasteiger partial charge in [0.25, 0.3) is 5.69 Å². The van der Waals surface area contributed by atoms with Gasteiger partial charge in [0.1, 0.15) is 0 Å². The maximum Gasteiger partial charge on any atom is 0.276 e. The fourth-order valence-electron chi connectivity index (χ4n) is 1.42. The van der Waals surface area contributed by atoms with E-state index in [1.807, 2.05) is 18.2 Å². The highest BCUT2D eigenvalue weighted by Crippen LogP contribution is 2.19. The average molecular weight is 214 g/mol. The normalized spacial score (nSPS) is 10.8. The fourth-order valence-corrected chi connectivity index (χ4v) is 1.42. The van der Waals surface area contributed by atoms with Crippen LogP contribution in [0, 0.1) is 10.1 Å². The van der Waals surface area contributed by atoms with Gasteiger partial charge >= 0.3 is 0 Å². The molecule has 0 atom stereocenters. The van der Waals surface area contributed by atoms with Crippen molar-refractivity contribution in [2.75, 3.05) is 0 Å². The molecule has 0 radical (unpaired) electrons. The number of aromatic amines is 1. The summed E-state index contributed by atoms with van der Waals surface area (Å²) in [4.78, 5) is 13.4. The number of benzene rings is 1. The molecule has 0 saturated heterocycles. The number of H-pyrrole nitrogens is 1. The SMILES string of the molecule is O=[N+]([O-])c1ccccc1C=Cc1ccc[nH]1. The van der Waals surface area contributed by atoms with Crippen LogP contribution in [0.25, 0.3) is 12.2 Å². The Balaban J connectivity index is 2.31. The summed E-state index contributed by atoms with van der Waals surface area (Å²) in [6.07, 6.45) is 5.34. The summed E-state index contributed by atoms with van der Waals surface area (Å²) >= 11 is 0. The molecule has 2 rings (SSSR count). The predicted molar refractivity (Wildman–Crippen MR) is 62.8 cm³/mol. The lowest BCUT2D eigenvalue weighted by atomic mass is 10.1. The largest absolute Gasteiger partial charge is 0.362 e. The third-order valence-electron chi connectivity index (χ3n) is 2.20. The first-order chi connectivity index (χ1) is 7.77. The second-order valence-corrected chi connectivity index (χ2v) is 3.27. The van der Waals surface area contributed by atoms with Gasteiger partial charge in [-0.2, -0.15) is 0 Å². The minimum absolute atomic E-state index is 0.116. The molecular formula is C12H10N2O2. The Kier molecular flexibility index (Phi) is 2.82. The highest BCUT2D eigenvalue weighted by molar-refractivity contribution is 5.72. The average Bonchev–Trinajstić information content (AvgIpc) is 2.79. The molecule has 0 saturated carbocycles. The second kappa shape index (κ2) is 4.44. The van der Waals surface area contributed by atoms with Crippen LogP contribution in [-0.2, 0) is 0 Å². The van der Waals surface area contributed by atoms with E-state index in [0.717, 1.165) is 5.69 Å². The first-order valence-corrected chi connectivity index (χ1v) is 4.82. The Morgan fingerprint density at radius 1 is 1.12 bits per heavy atom. The lowest BCUT2D eigenvalue weighted by Gasteiger charge is -1.95. The second-order valence-electron chi connectivity index (χ2n) is 3.27. The van der Waals surface area contributed by atoms with E-state index in [0.29, 0.717) is 5.56 Å². The van der Waals surface area contributed by atoms with Gasteiger partial charge in [-0.05, 0) is 30.4 Å². The van der Waals surface area contributed by atoms with Crippen molar-refractivity contribution in [3.05, 3.63) is 64.0 Å². The predicted octanol–water partition coefficient (Wildman–Crippen LogP) is 3.09. The van der Waals surface area contributed by atoms with Crippen LogP contribution in [0.15, 0.2) is 42.6 Å². The number of aromatic nitrogens is 1. The fraction of sp³-hybridized carbons (Fsp3) is 0. The van der Waals surface area contributed by atoms with Gasteiger partial charge in [0.2, 0.25) is 0 Å². The number of nitro benzene ring substituents is 1. The maximum atomic E-state index is 10.7. The number of para-hydroxylation sites is 1. The summed E-state index contributed by atoms with van der Waals surface area (Å²) < 4.78 is 0. The molecule has 0 fully saturated rings. The topological polar surface area (TPSA) is 58.9 Å². The quantitative estimate of drug-likeness (QED) is 0.630. The van der Waals surface area contributed by atoms with E-state index in [-0.39, 0.29) is 10.6 Å². The standard InChI is InChI=1S/C12H10N2O2/c15-14(16)12-6-2-1-4-10(12)7-8-11-5-3-9-13-11/h1-9,13H. The highest BCUT2D eigenvalue weighted by atomic mass is 16.6. The van der Waals surface area contributed by atoms with Crippen LogP contribution in [0.2, 0.25) is 0 Å². The van der Waals surface area contributed by atoms with Crippen LogP contribution >= 0.6 is 0 Å². The Hall–Kier alpha value is -2.36. The summed E-state index contributed by atoms with van der Waals surface area (Å²) in [5.41, 5.74) is 1.63. The van der Waals surface area contributed by atoms with E-state index in [4.69, 9.17) is 0 Å². The number of rotatable bonds is 3. The van der Waals surface area contributed by atoms with Crippen molar-refractivity contribution in [3.63, 3.8) is 0 Å². The molecule has 0 aliphatic heterocycles. The molecule has 0 aliphatic carbocycles. The molecule has 16 heavy (non-hydrogen) atoms. The van der Waals surface area contributed by atoms with Gasteiger partial charge in [-0.1, -0.05) is 12.1 Å². The van der Waals surface area contributed by atoms with Crippen LogP contribution in [0.1, 0.15) is 11.3 Å². The molecule has 2 aromatic rings. The van der Waals surface area contributed by atoms with Gasteiger partial charge in [0, 0.05) is 18.0 Å². The molecule has 0 bridgehead atoms. The smallest absolute Gasteiger partial charge is 0.276 e. The molecule has 0 spiro atoms. The zero-order chi connectivity index (χ0) is 11.4. The van der Waals surface area contributed by atoms with Gasteiger partial charge in [0.05, 0.1) is 10.5 Å². The van der Waals surface area contributed by atoms with E-state index in [1.54, 1.807) is 30.5 Å². The van der Waals surface area contributed by atoms with E-state index in [2.05, 4.69) is 4.98 Å². The lowest BCUT2D eigenvalue weighted by Crippen LogP contribution is -1.90. The van der Waals surface area contributed by atoms with Crippen LogP contribution in [0.3, 0.4) is 0 Å². The van der Waals surface area contributed by atoms with Crippen LogP contribution in [0.5, 0.6) is 0 Å². The minimum atomic E-state index is -0.381. The summed E-state index contributed by atoms with van der Waals surface area (Å²) in [6, 6.07) is 10.4. The summed E-state index contributed by atoms with van der Waals surface area (Å²) in [6.45, 7) is 0. The van der Waals surface area contributed by atoms with Gasteiger partial charge < -0.3 is 4.98 Å². The number of hydrogen-bond donors (Lipinski definition) is 1.